The van der Waals surface area contributed by atoms with E-state index >= 15 is 0 Å². The third-order valence-corrected chi connectivity index (χ3v) is 6.72. The monoisotopic (exact) mass is 567 g/mol. The number of hydrogen-bond donors (Lipinski definition) is 1. The highest BCUT2D eigenvalue weighted by atomic mass is 16.6. The molecule has 1 fully saturated rings. The Morgan fingerprint density at radius 1 is 1.05 bits per heavy atom. The van der Waals surface area contributed by atoms with Gasteiger partial charge in [-0.1, -0.05) is 6.07 Å². The minimum Gasteiger partial charge on any atom is -0.493 e. The van der Waals surface area contributed by atoms with E-state index in [2.05, 4.69) is 20.2 Å². The molecule has 1 saturated heterocycles. The van der Waals surface area contributed by atoms with Gasteiger partial charge in [0.15, 0.2) is 11.5 Å². The highest BCUT2D eigenvalue weighted by molar-refractivity contribution is 5.77. The smallest absolute Gasteiger partial charge is 0.409 e. The summed E-state index contributed by atoms with van der Waals surface area (Å²) >= 11 is 0. The van der Waals surface area contributed by atoms with Gasteiger partial charge in [-0.15, -0.1) is 0 Å². The lowest BCUT2D eigenvalue weighted by Crippen LogP contribution is -2.56. The molecule has 3 aromatic rings. The number of carbonyl (C=O) groups is 2. The van der Waals surface area contributed by atoms with Crippen LogP contribution in [-0.4, -0.2) is 103 Å². The number of amides is 2. The highest BCUT2D eigenvalue weighted by Gasteiger charge is 2.33. The van der Waals surface area contributed by atoms with Crippen LogP contribution in [0.3, 0.4) is 0 Å². The van der Waals surface area contributed by atoms with Crippen molar-refractivity contribution < 1.29 is 28.5 Å². The quantitative estimate of drug-likeness (QED) is 0.324. The second-order valence-corrected chi connectivity index (χ2v) is 9.53. The second kappa shape index (κ2) is 14.3. The number of nitrogens with zero attached hydrogens (tertiary/aromatic N) is 6. The molecule has 2 amide bonds. The van der Waals surface area contributed by atoms with Gasteiger partial charge in [0.1, 0.15) is 18.8 Å². The number of anilines is 1. The number of piperazine rings is 1. The van der Waals surface area contributed by atoms with Crippen molar-refractivity contribution in [3.8, 4) is 17.4 Å². The fraction of sp³-hybridized carbons (Fsp3) is 0.464. The molecular weight excluding hydrogens is 530 g/mol. The molecule has 4 rings (SSSR count). The third kappa shape index (κ3) is 7.84. The van der Waals surface area contributed by atoms with E-state index in [1.807, 2.05) is 31.2 Å². The van der Waals surface area contributed by atoms with Crippen molar-refractivity contribution in [3.63, 3.8) is 0 Å². The topological polar surface area (TPSA) is 133 Å². The standard InChI is InChI=1S/C28H37N7O6/c1-20-15-25(32-27(31-20)34-10-9-29-19-34)35-12-11-33(28(37)41-14-13-38-2)18-22(35)17-26(36)30-8-7-21-5-6-23(39-3)24(16-21)40-4/h5-6,9-10,15-16,19,22H,7-8,11-14,17-18H2,1-4H3,(H,30,36). The lowest BCUT2D eigenvalue weighted by atomic mass is 10.1. The summed E-state index contributed by atoms with van der Waals surface area (Å²) in [5.74, 6) is 2.32. The Hall–Kier alpha value is -4.39. The summed E-state index contributed by atoms with van der Waals surface area (Å²) in [5.41, 5.74) is 1.79. The average Bonchev–Trinajstić information content (AvgIpc) is 3.52. The molecule has 1 aliphatic rings. The highest BCUT2D eigenvalue weighted by Crippen LogP contribution is 2.27. The minimum absolute atomic E-state index is 0.129. The number of rotatable bonds is 12. The number of methoxy groups -OCH3 is 3. The second-order valence-electron chi connectivity index (χ2n) is 9.53. The number of imidazole rings is 1. The number of benzene rings is 1. The number of aryl methyl sites for hydroxylation is 1. The molecule has 0 radical (unpaired) electrons. The Balaban J connectivity index is 1.45. The van der Waals surface area contributed by atoms with E-state index < -0.39 is 6.09 Å². The van der Waals surface area contributed by atoms with Gasteiger partial charge in [-0.3, -0.25) is 9.36 Å². The van der Waals surface area contributed by atoms with Gasteiger partial charge in [-0.25, -0.2) is 14.8 Å². The first-order chi connectivity index (χ1) is 19.9. The predicted octanol–water partition coefficient (Wildman–Crippen LogP) is 2.01. The fourth-order valence-electron chi connectivity index (χ4n) is 4.65. The lowest BCUT2D eigenvalue weighted by molar-refractivity contribution is -0.121. The van der Waals surface area contributed by atoms with Crippen molar-refractivity contribution in [2.75, 3.05) is 65.6 Å². The molecule has 0 saturated carbocycles. The lowest BCUT2D eigenvalue weighted by Gasteiger charge is -2.41. The summed E-state index contributed by atoms with van der Waals surface area (Å²) in [5, 5.41) is 3.01. The molecule has 13 heteroatoms. The molecular formula is C28H37N7O6. The average molecular weight is 568 g/mol. The number of carbonyl (C=O) groups excluding carboxylic acids is 2. The van der Waals surface area contributed by atoms with Gasteiger partial charge >= 0.3 is 6.09 Å². The van der Waals surface area contributed by atoms with E-state index in [1.54, 1.807) is 49.5 Å². The van der Waals surface area contributed by atoms with Crippen molar-refractivity contribution in [3.05, 3.63) is 54.2 Å². The van der Waals surface area contributed by atoms with Crippen molar-refractivity contribution >= 4 is 17.8 Å². The molecule has 3 heterocycles. The number of hydrogen-bond acceptors (Lipinski definition) is 10. The zero-order valence-electron chi connectivity index (χ0n) is 23.9. The largest absolute Gasteiger partial charge is 0.493 e. The molecule has 1 unspecified atom stereocenters. The molecule has 0 spiro atoms. The SMILES string of the molecule is COCCOC(=O)N1CCN(c2cc(C)nc(-n3ccnc3)n2)C(CC(=O)NCCc2ccc(OC)c(OC)c2)C1. The van der Waals surface area contributed by atoms with Crippen LogP contribution in [0.2, 0.25) is 0 Å². The molecule has 0 aliphatic carbocycles. The van der Waals surface area contributed by atoms with Gasteiger partial charge in [-0.2, -0.15) is 4.98 Å². The number of nitrogens with one attached hydrogen (secondary N) is 1. The number of ether oxygens (including phenoxy) is 4. The first kappa shape index (κ1) is 29.6. The van der Waals surface area contributed by atoms with Crippen LogP contribution < -0.4 is 19.7 Å². The summed E-state index contributed by atoms with van der Waals surface area (Å²) in [6.45, 7) is 4.02. The van der Waals surface area contributed by atoms with Crippen molar-refractivity contribution in [1.29, 1.82) is 0 Å². The van der Waals surface area contributed by atoms with Crippen molar-refractivity contribution in [2.45, 2.75) is 25.8 Å². The summed E-state index contributed by atoms with van der Waals surface area (Å²) in [7, 11) is 4.73. The van der Waals surface area contributed by atoms with Crippen molar-refractivity contribution in [1.82, 2.24) is 29.7 Å². The van der Waals surface area contributed by atoms with Crippen LogP contribution in [0.15, 0.2) is 43.0 Å². The molecule has 0 bridgehead atoms. The molecule has 13 nitrogen and oxygen atoms in total. The molecule has 220 valence electrons. The normalized spacial score (nSPS) is 15.0. The van der Waals surface area contributed by atoms with E-state index in [0.29, 0.717) is 62.5 Å². The minimum atomic E-state index is -0.432. The Morgan fingerprint density at radius 3 is 2.61 bits per heavy atom. The van der Waals surface area contributed by atoms with Crippen LogP contribution in [0.1, 0.15) is 17.7 Å². The summed E-state index contributed by atoms with van der Waals surface area (Å²) in [6, 6.07) is 7.24. The van der Waals surface area contributed by atoms with E-state index in [-0.39, 0.29) is 25.0 Å². The van der Waals surface area contributed by atoms with Crippen LogP contribution in [-0.2, 0) is 20.7 Å². The van der Waals surface area contributed by atoms with Gasteiger partial charge in [-0.05, 0) is 31.0 Å². The first-order valence-electron chi connectivity index (χ1n) is 13.4. The van der Waals surface area contributed by atoms with E-state index in [0.717, 1.165) is 11.3 Å². The Morgan fingerprint density at radius 2 is 1.88 bits per heavy atom. The van der Waals surface area contributed by atoms with E-state index in [4.69, 9.17) is 23.9 Å². The molecule has 1 atom stereocenters. The molecule has 1 N–H and O–H groups in total. The fourth-order valence-corrected chi connectivity index (χ4v) is 4.65. The van der Waals surface area contributed by atoms with Crippen LogP contribution >= 0.6 is 0 Å². The Kier molecular flexibility index (Phi) is 10.3. The first-order valence-corrected chi connectivity index (χ1v) is 13.4. The zero-order chi connectivity index (χ0) is 29.2. The summed E-state index contributed by atoms with van der Waals surface area (Å²) in [6.07, 6.45) is 5.42. The maximum Gasteiger partial charge on any atom is 0.409 e. The van der Waals surface area contributed by atoms with Gasteiger partial charge in [0.25, 0.3) is 0 Å². The summed E-state index contributed by atoms with van der Waals surface area (Å²) < 4.78 is 22.7. The van der Waals surface area contributed by atoms with Gasteiger partial charge in [0.05, 0.1) is 26.9 Å². The predicted molar refractivity (Wildman–Crippen MR) is 151 cm³/mol. The maximum atomic E-state index is 13.1. The Labute approximate surface area is 239 Å². The van der Waals surface area contributed by atoms with Gasteiger partial charge in [0, 0.05) is 63.9 Å². The Bertz CT molecular complexity index is 1300. The molecule has 2 aromatic heterocycles. The van der Waals surface area contributed by atoms with Crippen LogP contribution in [0, 0.1) is 6.92 Å². The third-order valence-electron chi connectivity index (χ3n) is 6.72. The van der Waals surface area contributed by atoms with E-state index in [9.17, 15) is 9.59 Å². The summed E-state index contributed by atoms with van der Waals surface area (Å²) in [4.78, 5) is 42.9. The van der Waals surface area contributed by atoms with Crippen molar-refractivity contribution in [2.24, 2.45) is 0 Å². The molecule has 1 aliphatic heterocycles. The molecule has 41 heavy (non-hydrogen) atoms. The van der Waals surface area contributed by atoms with Crippen LogP contribution in [0.25, 0.3) is 5.95 Å². The van der Waals surface area contributed by atoms with Crippen LogP contribution in [0.4, 0.5) is 10.6 Å². The molecule has 1 aromatic carbocycles. The maximum absolute atomic E-state index is 13.1. The zero-order valence-corrected chi connectivity index (χ0v) is 23.9. The van der Waals surface area contributed by atoms with E-state index in [1.165, 1.54) is 0 Å². The van der Waals surface area contributed by atoms with Gasteiger partial charge < -0.3 is 34.1 Å². The van der Waals surface area contributed by atoms with Gasteiger partial charge in [0.2, 0.25) is 11.9 Å². The number of aromatic nitrogens is 4. The van der Waals surface area contributed by atoms with Crippen LogP contribution in [0.5, 0.6) is 11.5 Å².